The van der Waals surface area contributed by atoms with Crippen LogP contribution in [0.1, 0.15) is 10.4 Å². The van der Waals surface area contributed by atoms with Gasteiger partial charge in [-0.05, 0) is 24.3 Å². The number of nitrogens with zero attached hydrogens (tertiary/aromatic N) is 4. The van der Waals surface area contributed by atoms with Gasteiger partial charge in [0.1, 0.15) is 11.3 Å². The van der Waals surface area contributed by atoms with E-state index in [0.717, 1.165) is 17.3 Å². The highest BCUT2D eigenvalue weighted by Gasteiger charge is 2.22. The lowest BCUT2D eigenvalue weighted by molar-refractivity contribution is -0.385. The number of methoxy groups -OCH3 is 1. The van der Waals surface area contributed by atoms with E-state index >= 15 is 0 Å². The molecule has 2 aromatic heterocycles. The molecule has 2 heterocycles. The number of anilines is 1. The molecule has 0 spiro atoms. The van der Waals surface area contributed by atoms with Crippen LogP contribution in [-0.2, 0) is 0 Å². The summed E-state index contributed by atoms with van der Waals surface area (Å²) < 4.78 is 6.84. The van der Waals surface area contributed by atoms with E-state index in [2.05, 4.69) is 15.4 Å². The second-order valence-electron chi connectivity index (χ2n) is 5.86. The van der Waals surface area contributed by atoms with Crippen LogP contribution in [0.3, 0.4) is 0 Å². The Labute approximate surface area is 172 Å². The lowest BCUT2D eigenvalue weighted by Gasteiger charge is -2.03. The van der Waals surface area contributed by atoms with E-state index in [0.29, 0.717) is 10.7 Å². The molecule has 0 unspecified atom stereocenters. The third kappa shape index (κ3) is 3.62. The van der Waals surface area contributed by atoms with Crippen LogP contribution < -0.4 is 10.1 Å². The lowest BCUT2D eigenvalue weighted by atomic mass is 10.1. The van der Waals surface area contributed by atoms with Crippen molar-refractivity contribution in [3.63, 3.8) is 0 Å². The number of halogens is 1. The molecule has 0 atom stereocenters. The Balaban J connectivity index is 1.66. The first-order valence-electron chi connectivity index (χ1n) is 8.20. The Morgan fingerprint density at radius 2 is 2.14 bits per heavy atom. The van der Waals surface area contributed by atoms with Crippen LogP contribution in [0.5, 0.6) is 5.75 Å². The first-order chi connectivity index (χ1) is 14.0. The zero-order valence-electron chi connectivity index (χ0n) is 14.8. The van der Waals surface area contributed by atoms with Crippen molar-refractivity contribution in [3.05, 3.63) is 68.5 Å². The van der Waals surface area contributed by atoms with E-state index in [1.807, 2.05) is 29.6 Å². The largest absolute Gasteiger partial charge is 0.497 e. The normalized spacial score (nSPS) is 10.8. The Hall–Kier alpha value is -3.50. The highest BCUT2D eigenvalue weighted by atomic mass is 35.5. The smallest absolute Gasteiger partial charge is 0.283 e. The number of aromatic nitrogens is 3. The van der Waals surface area contributed by atoms with Gasteiger partial charge in [-0.2, -0.15) is 4.98 Å². The van der Waals surface area contributed by atoms with Gasteiger partial charge in [0.2, 0.25) is 4.96 Å². The minimum Gasteiger partial charge on any atom is -0.497 e. The summed E-state index contributed by atoms with van der Waals surface area (Å²) in [5, 5.41) is 20.1. The number of benzene rings is 2. The van der Waals surface area contributed by atoms with Crippen LogP contribution in [0, 0.1) is 10.1 Å². The Morgan fingerprint density at radius 1 is 1.31 bits per heavy atom. The summed E-state index contributed by atoms with van der Waals surface area (Å²) in [5.74, 6) is 0.0373. The third-order valence-corrected chi connectivity index (χ3v) is 5.12. The minimum absolute atomic E-state index is 0.0373. The maximum atomic E-state index is 12.5. The standard InChI is InChI=1S/C18H12ClN5O4S/c1-28-12-4-2-3-10(7-12)15-9-29-18-21-17(22-23(15)18)20-16(25)13-6-5-11(19)8-14(13)24(26)27/h2-9H,1H3,(H,20,22,25). The number of nitrogens with one attached hydrogen (secondary N) is 1. The summed E-state index contributed by atoms with van der Waals surface area (Å²) in [6, 6.07) is 11.3. The third-order valence-electron chi connectivity index (χ3n) is 4.07. The predicted molar refractivity (Wildman–Crippen MR) is 109 cm³/mol. The van der Waals surface area contributed by atoms with E-state index in [4.69, 9.17) is 16.3 Å². The Morgan fingerprint density at radius 3 is 2.90 bits per heavy atom. The zero-order chi connectivity index (χ0) is 20.5. The number of amides is 1. The topological polar surface area (TPSA) is 112 Å². The number of carbonyl (C=O) groups is 1. The molecule has 11 heteroatoms. The number of ether oxygens (including phenoxy) is 1. The molecule has 0 saturated carbocycles. The Kier molecular flexibility index (Phi) is 4.87. The van der Waals surface area contributed by atoms with Gasteiger partial charge in [-0.15, -0.1) is 16.4 Å². The number of rotatable bonds is 5. The van der Waals surface area contributed by atoms with Gasteiger partial charge < -0.3 is 4.74 Å². The van der Waals surface area contributed by atoms with E-state index < -0.39 is 16.5 Å². The fourth-order valence-electron chi connectivity index (χ4n) is 2.73. The van der Waals surface area contributed by atoms with Crippen molar-refractivity contribution in [2.75, 3.05) is 12.4 Å². The molecule has 1 amide bonds. The molecule has 146 valence electrons. The van der Waals surface area contributed by atoms with Crippen LogP contribution >= 0.6 is 22.9 Å². The molecule has 0 radical (unpaired) electrons. The summed E-state index contributed by atoms with van der Waals surface area (Å²) in [6.07, 6.45) is 0. The number of hydrogen-bond acceptors (Lipinski definition) is 7. The molecular weight excluding hydrogens is 418 g/mol. The van der Waals surface area contributed by atoms with Crippen molar-refractivity contribution in [1.29, 1.82) is 0 Å². The van der Waals surface area contributed by atoms with Gasteiger partial charge >= 0.3 is 0 Å². The van der Waals surface area contributed by atoms with Crippen molar-refractivity contribution < 1.29 is 14.5 Å². The minimum atomic E-state index is -0.699. The number of carbonyl (C=O) groups excluding carboxylic acids is 1. The fraction of sp³-hybridized carbons (Fsp3) is 0.0556. The number of thiazole rings is 1. The molecule has 1 N–H and O–H groups in total. The van der Waals surface area contributed by atoms with Gasteiger partial charge in [0.05, 0.1) is 17.7 Å². The Bertz CT molecular complexity index is 1250. The number of fused-ring (bicyclic) bond motifs is 1. The SMILES string of the molecule is COc1cccc(-c2csc3nc(NC(=O)c4ccc(Cl)cc4[N+](=O)[O-])nn23)c1. The van der Waals surface area contributed by atoms with E-state index in [1.165, 1.54) is 23.5 Å². The molecule has 2 aromatic carbocycles. The molecule has 29 heavy (non-hydrogen) atoms. The highest BCUT2D eigenvalue weighted by Crippen LogP contribution is 2.29. The predicted octanol–water partition coefficient (Wildman–Crippen LogP) is 4.28. The highest BCUT2D eigenvalue weighted by molar-refractivity contribution is 7.15. The molecule has 0 fully saturated rings. The van der Waals surface area contributed by atoms with Crippen LogP contribution in [0.4, 0.5) is 11.6 Å². The first-order valence-corrected chi connectivity index (χ1v) is 9.46. The van der Waals surface area contributed by atoms with Crippen LogP contribution in [0.15, 0.2) is 47.8 Å². The quantitative estimate of drug-likeness (QED) is 0.374. The molecule has 0 aliphatic heterocycles. The molecular formula is C18H12ClN5O4S. The van der Waals surface area contributed by atoms with Gasteiger partial charge in [0, 0.05) is 22.0 Å². The van der Waals surface area contributed by atoms with E-state index in [1.54, 1.807) is 11.6 Å². The lowest BCUT2D eigenvalue weighted by Crippen LogP contribution is -2.15. The summed E-state index contributed by atoms with van der Waals surface area (Å²) in [7, 11) is 1.58. The van der Waals surface area contributed by atoms with Gasteiger partial charge in [0.25, 0.3) is 17.5 Å². The van der Waals surface area contributed by atoms with Crippen molar-refractivity contribution >= 4 is 45.4 Å². The van der Waals surface area contributed by atoms with Gasteiger partial charge in [-0.1, -0.05) is 23.7 Å². The maximum absolute atomic E-state index is 12.5. The summed E-state index contributed by atoms with van der Waals surface area (Å²) in [5.41, 5.74) is 1.11. The molecule has 0 aliphatic rings. The van der Waals surface area contributed by atoms with Crippen molar-refractivity contribution in [1.82, 2.24) is 14.6 Å². The second-order valence-corrected chi connectivity index (χ2v) is 7.13. The van der Waals surface area contributed by atoms with E-state index in [9.17, 15) is 14.9 Å². The number of nitro groups is 1. The first kappa shape index (κ1) is 18.8. The molecule has 4 rings (SSSR count). The fourth-order valence-corrected chi connectivity index (χ4v) is 3.73. The van der Waals surface area contributed by atoms with Crippen molar-refractivity contribution in [3.8, 4) is 17.0 Å². The van der Waals surface area contributed by atoms with Gasteiger partial charge in [0.15, 0.2) is 0 Å². The maximum Gasteiger partial charge on any atom is 0.283 e. The average molecular weight is 430 g/mol. The summed E-state index contributed by atoms with van der Waals surface area (Å²) in [6.45, 7) is 0. The average Bonchev–Trinajstić information content (AvgIpc) is 3.27. The van der Waals surface area contributed by atoms with Gasteiger partial charge in [-0.25, -0.2) is 4.52 Å². The molecule has 0 saturated heterocycles. The van der Waals surface area contributed by atoms with Crippen LogP contribution in [0.25, 0.3) is 16.2 Å². The summed E-state index contributed by atoms with van der Waals surface area (Å²) >= 11 is 7.14. The van der Waals surface area contributed by atoms with Crippen LogP contribution in [0.2, 0.25) is 5.02 Å². The monoisotopic (exact) mass is 429 g/mol. The van der Waals surface area contributed by atoms with Crippen molar-refractivity contribution in [2.24, 2.45) is 0 Å². The molecule has 0 bridgehead atoms. The molecule has 0 aliphatic carbocycles. The van der Waals surface area contributed by atoms with Crippen LogP contribution in [-0.4, -0.2) is 32.5 Å². The molecule has 4 aromatic rings. The number of nitro benzene ring substituents is 1. The summed E-state index contributed by atoms with van der Waals surface area (Å²) in [4.78, 5) is 27.9. The zero-order valence-corrected chi connectivity index (χ0v) is 16.4. The second kappa shape index (κ2) is 7.49. The molecule has 9 nitrogen and oxygen atoms in total. The van der Waals surface area contributed by atoms with Gasteiger partial charge in [-0.3, -0.25) is 20.2 Å². The van der Waals surface area contributed by atoms with E-state index in [-0.39, 0.29) is 16.5 Å². The number of hydrogen-bond donors (Lipinski definition) is 1. The van der Waals surface area contributed by atoms with Crippen molar-refractivity contribution in [2.45, 2.75) is 0 Å².